The zero-order chi connectivity index (χ0) is 31.5. The van der Waals surface area contributed by atoms with Crippen molar-refractivity contribution in [3.8, 4) is 23.7 Å². The van der Waals surface area contributed by atoms with E-state index in [-0.39, 0.29) is 24.1 Å². The van der Waals surface area contributed by atoms with Crippen molar-refractivity contribution in [2.45, 2.75) is 58.2 Å². The summed E-state index contributed by atoms with van der Waals surface area (Å²) in [7, 11) is -2.81. The molecule has 3 rings (SSSR count). The zero-order valence-corrected chi connectivity index (χ0v) is 26.8. The van der Waals surface area contributed by atoms with Crippen molar-refractivity contribution in [2.24, 2.45) is 5.73 Å². The minimum absolute atomic E-state index is 0.0735. The molecule has 43 heavy (non-hydrogen) atoms. The van der Waals surface area contributed by atoms with E-state index in [9.17, 15) is 9.59 Å². The standard InChI is InChI=1S/C35H41N3O4Si/c1-34(2,3)42-33(40)37-25-15-9-10-16-27-21-23-28(24-22-27)38-32(39)31(36)26-41-43(35(4,5)6,29-17-11-7-12-18-29)30-19-13-8-14-20-30/h7-8,11-14,17-24,31H,25-26,36H2,1-6H3,(H,37,40)(H,38,39)/t31-/m0/s1. The molecule has 1 atom stereocenters. The highest BCUT2D eigenvalue weighted by Crippen LogP contribution is 2.36. The number of ether oxygens (including phenoxy) is 1. The van der Waals surface area contributed by atoms with E-state index in [4.69, 9.17) is 14.9 Å². The van der Waals surface area contributed by atoms with Crippen molar-refractivity contribution in [3.63, 3.8) is 0 Å². The van der Waals surface area contributed by atoms with E-state index in [0.717, 1.165) is 15.9 Å². The van der Waals surface area contributed by atoms with Crippen LogP contribution < -0.4 is 26.7 Å². The van der Waals surface area contributed by atoms with Crippen molar-refractivity contribution in [2.75, 3.05) is 18.5 Å². The monoisotopic (exact) mass is 595 g/mol. The molecule has 0 heterocycles. The molecule has 8 heteroatoms. The van der Waals surface area contributed by atoms with Gasteiger partial charge in [0.25, 0.3) is 8.32 Å². The number of amides is 2. The molecule has 0 spiro atoms. The first-order valence-electron chi connectivity index (χ1n) is 14.2. The number of carbonyl (C=O) groups excluding carboxylic acids is 2. The van der Waals surface area contributed by atoms with Gasteiger partial charge in [0, 0.05) is 11.3 Å². The molecule has 0 radical (unpaired) electrons. The fourth-order valence-electron chi connectivity index (χ4n) is 4.55. The van der Waals surface area contributed by atoms with Crippen LogP contribution in [0.2, 0.25) is 5.04 Å². The molecule has 0 saturated heterocycles. The first kappa shape index (κ1) is 33.2. The Hall–Kier alpha value is -4.34. The molecule has 3 aromatic carbocycles. The first-order valence-corrected chi connectivity index (χ1v) is 16.1. The van der Waals surface area contributed by atoms with Crippen LogP contribution in [-0.4, -0.2) is 45.1 Å². The number of hydrogen-bond acceptors (Lipinski definition) is 5. The minimum atomic E-state index is -2.81. The summed E-state index contributed by atoms with van der Waals surface area (Å²) in [5.41, 5.74) is 7.14. The van der Waals surface area contributed by atoms with Crippen LogP contribution in [0.5, 0.6) is 0 Å². The van der Waals surface area contributed by atoms with E-state index in [2.05, 4.69) is 79.4 Å². The van der Waals surface area contributed by atoms with Crippen LogP contribution in [0.1, 0.15) is 47.1 Å². The maximum absolute atomic E-state index is 13.0. The average molecular weight is 596 g/mol. The Balaban J connectivity index is 1.62. The van der Waals surface area contributed by atoms with Gasteiger partial charge in [-0.2, -0.15) is 0 Å². The Morgan fingerprint density at radius 3 is 1.91 bits per heavy atom. The van der Waals surface area contributed by atoms with Gasteiger partial charge in [0.05, 0.1) is 13.2 Å². The molecule has 2 amide bonds. The number of anilines is 1. The highest BCUT2D eigenvalue weighted by atomic mass is 28.4. The summed E-state index contributed by atoms with van der Waals surface area (Å²) >= 11 is 0. The SMILES string of the molecule is CC(C)(C)OC(=O)NCC#CC#Cc1ccc(NC(=O)[C@@H](N)CO[Si](c2ccccc2)(c2ccccc2)C(C)(C)C)cc1. The van der Waals surface area contributed by atoms with Crippen LogP contribution in [0, 0.1) is 23.7 Å². The van der Waals surface area contributed by atoms with Crippen molar-refractivity contribution in [1.82, 2.24) is 5.32 Å². The van der Waals surface area contributed by atoms with Crippen LogP contribution >= 0.6 is 0 Å². The number of nitrogens with two attached hydrogens (primary N) is 1. The molecule has 3 aromatic rings. The predicted octanol–water partition coefficient (Wildman–Crippen LogP) is 4.41. The van der Waals surface area contributed by atoms with Gasteiger partial charge < -0.3 is 25.5 Å². The third-order valence-electron chi connectivity index (χ3n) is 6.46. The Morgan fingerprint density at radius 2 is 1.40 bits per heavy atom. The summed E-state index contributed by atoms with van der Waals surface area (Å²) in [5.74, 6) is 10.8. The van der Waals surface area contributed by atoms with Crippen molar-refractivity contribution in [3.05, 3.63) is 90.5 Å². The van der Waals surface area contributed by atoms with Gasteiger partial charge in [0.15, 0.2) is 0 Å². The summed E-state index contributed by atoms with van der Waals surface area (Å²) < 4.78 is 12.0. The second-order valence-corrected chi connectivity index (χ2v) is 16.4. The third kappa shape index (κ3) is 9.59. The Kier molecular flexibility index (Phi) is 11.3. The van der Waals surface area contributed by atoms with Crippen LogP contribution in [0.3, 0.4) is 0 Å². The lowest BCUT2D eigenvalue weighted by Gasteiger charge is -2.43. The van der Waals surface area contributed by atoms with Crippen molar-refractivity contribution in [1.29, 1.82) is 0 Å². The molecule has 224 valence electrons. The van der Waals surface area contributed by atoms with E-state index >= 15 is 0 Å². The third-order valence-corrected chi connectivity index (χ3v) is 11.5. The lowest BCUT2D eigenvalue weighted by atomic mass is 10.2. The van der Waals surface area contributed by atoms with E-state index in [1.54, 1.807) is 45.0 Å². The van der Waals surface area contributed by atoms with Crippen molar-refractivity contribution >= 4 is 36.4 Å². The normalized spacial score (nSPS) is 12.1. The second-order valence-electron chi connectivity index (χ2n) is 12.1. The van der Waals surface area contributed by atoms with Crippen LogP contribution in [-0.2, 0) is 14.0 Å². The number of nitrogens with one attached hydrogen (secondary N) is 2. The topological polar surface area (TPSA) is 103 Å². The summed E-state index contributed by atoms with van der Waals surface area (Å²) in [6.07, 6.45) is -0.526. The van der Waals surface area contributed by atoms with E-state index < -0.39 is 26.1 Å². The molecular weight excluding hydrogens is 554 g/mol. The number of hydrogen-bond donors (Lipinski definition) is 3. The van der Waals surface area contributed by atoms with Gasteiger partial charge in [-0.05, 0) is 72.3 Å². The number of carbonyl (C=O) groups is 2. The van der Waals surface area contributed by atoms with E-state index in [0.29, 0.717) is 5.69 Å². The highest BCUT2D eigenvalue weighted by Gasteiger charge is 2.50. The molecule has 0 aliphatic heterocycles. The zero-order valence-electron chi connectivity index (χ0n) is 25.8. The first-order chi connectivity index (χ1) is 20.3. The molecule has 0 unspecified atom stereocenters. The van der Waals surface area contributed by atoms with Crippen LogP contribution in [0.4, 0.5) is 10.5 Å². The molecule has 0 aliphatic carbocycles. The van der Waals surface area contributed by atoms with Gasteiger partial charge in [0.1, 0.15) is 11.6 Å². The summed E-state index contributed by atoms with van der Waals surface area (Å²) in [6.45, 7) is 12.1. The number of alkyl carbamates (subject to hydrolysis) is 1. The number of rotatable bonds is 8. The molecule has 0 saturated carbocycles. The molecule has 0 aromatic heterocycles. The summed E-state index contributed by atoms with van der Waals surface area (Å²) in [6, 6.07) is 26.7. The lowest BCUT2D eigenvalue weighted by molar-refractivity contribution is -0.118. The molecule has 0 fully saturated rings. The lowest BCUT2D eigenvalue weighted by Crippen LogP contribution is -2.67. The van der Waals surface area contributed by atoms with Crippen LogP contribution in [0.15, 0.2) is 84.9 Å². The molecular formula is C35H41N3O4Si. The van der Waals surface area contributed by atoms with Gasteiger partial charge in [-0.25, -0.2) is 4.79 Å². The Bertz CT molecular complexity index is 1450. The summed E-state index contributed by atoms with van der Waals surface area (Å²) in [4.78, 5) is 24.7. The minimum Gasteiger partial charge on any atom is -0.444 e. The number of benzene rings is 3. The largest absolute Gasteiger partial charge is 0.444 e. The smallest absolute Gasteiger partial charge is 0.408 e. The summed E-state index contributed by atoms with van der Waals surface area (Å²) in [5, 5.41) is 7.46. The van der Waals surface area contributed by atoms with Crippen molar-refractivity contribution < 1.29 is 18.8 Å². The fourth-order valence-corrected chi connectivity index (χ4v) is 9.13. The molecule has 4 N–H and O–H groups in total. The van der Waals surface area contributed by atoms with Crippen LogP contribution in [0.25, 0.3) is 0 Å². The van der Waals surface area contributed by atoms with E-state index in [1.807, 2.05) is 36.4 Å². The second kappa shape index (κ2) is 14.7. The van der Waals surface area contributed by atoms with E-state index in [1.165, 1.54) is 0 Å². The molecule has 0 aliphatic rings. The highest BCUT2D eigenvalue weighted by molar-refractivity contribution is 6.99. The maximum atomic E-state index is 13.0. The Labute approximate surface area is 256 Å². The molecule has 7 nitrogen and oxygen atoms in total. The fraction of sp³-hybridized carbons (Fsp3) is 0.314. The maximum Gasteiger partial charge on any atom is 0.408 e. The van der Waals surface area contributed by atoms with Gasteiger partial charge in [0.2, 0.25) is 5.91 Å². The Morgan fingerprint density at radius 1 is 0.837 bits per heavy atom. The predicted molar refractivity (Wildman–Crippen MR) is 176 cm³/mol. The molecule has 0 bridgehead atoms. The van der Waals surface area contributed by atoms with Gasteiger partial charge in [-0.3, -0.25) is 4.79 Å². The average Bonchev–Trinajstić information content (AvgIpc) is 2.95. The van der Waals surface area contributed by atoms with Gasteiger partial charge in [-0.1, -0.05) is 93.3 Å². The van der Waals surface area contributed by atoms with Gasteiger partial charge in [-0.15, -0.1) is 0 Å². The quantitative estimate of drug-likeness (QED) is 0.265. The van der Waals surface area contributed by atoms with Gasteiger partial charge >= 0.3 is 6.09 Å².